The lowest BCUT2D eigenvalue weighted by Gasteiger charge is -2.06. The third-order valence-electron chi connectivity index (χ3n) is 3.38. The van der Waals surface area contributed by atoms with Crippen LogP contribution in [-0.2, 0) is 4.79 Å². The van der Waals surface area contributed by atoms with Gasteiger partial charge in [0.15, 0.2) is 0 Å². The summed E-state index contributed by atoms with van der Waals surface area (Å²) in [7, 11) is 1.43. The second-order valence-electron chi connectivity index (χ2n) is 5.06. The van der Waals surface area contributed by atoms with Crippen LogP contribution in [0.25, 0.3) is 0 Å². The Morgan fingerprint density at radius 1 is 1.41 bits per heavy atom. The molecule has 8 heteroatoms. The molecule has 2 aromatic heterocycles. The van der Waals surface area contributed by atoms with Gasteiger partial charge in [0.05, 0.1) is 7.11 Å². The van der Waals surface area contributed by atoms with Crippen LogP contribution in [-0.4, -0.2) is 33.0 Å². The number of carbonyl (C=O) groups excluding carboxylic acids is 1. The molecule has 7 nitrogen and oxygen atoms in total. The van der Waals surface area contributed by atoms with Crippen LogP contribution in [0.15, 0.2) is 18.3 Å². The number of amides is 1. The van der Waals surface area contributed by atoms with Gasteiger partial charge in [0.25, 0.3) is 0 Å². The van der Waals surface area contributed by atoms with Crippen molar-refractivity contribution in [2.45, 2.75) is 19.3 Å². The zero-order valence-electron chi connectivity index (χ0n) is 12.1. The first kappa shape index (κ1) is 14.6. The van der Waals surface area contributed by atoms with Crippen LogP contribution in [0.4, 0.5) is 5.82 Å². The zero-order valence-corrected chi connectivity index (χ0v) is 12.8. The van der Waals surface area contributed by atoms with Crippen LogP contribution < -0.4 is 10.1 Å². The summed E-state index contributed by atoms with van der Waals surface area (Å²) in [5.41, 5.74) is 0.892. The number of nitrogens with zero attached hydrogens (tertiary/aromatic N) is 4. The van der Waals surface area contributed by atoms with Gasteiger partial charge in [-0.1, -0.05) is 11.6 Å². The molecule has 1 N–H and O–H groups in total. The number of hydrogen-bond donors (Lipinski definition) is 1. The summed E-state index contributed by atoms with van der Waals surface area (Å²) < 4.78 is 4.92. The van der Waals surface area contributed by atoms with Gasteiger partial charge in [0, 0.05) is 29.8 Å². The number of ether oxygens (including phenoxy) is 1. The highest BCUT2D eigenvalue weighted by Crippen LogP contribution is 2.46. The molecule has 2 heterocycles. The molecule has 2 atom stereocenters. The molecule has 1 amide bonds. The number of aromatic nitrogens is 4. The van der Waals surface area contributed by atoms with E-state index < -0.39 is 0 Å². The average Bonchev–Trinajstić information content (AvgIpc) is 3.27. The standard InChI is InChI=1S/C14H14ClN5O2/c1-7-3-4-16-12(17-7)8-5-9(8)13(21)19-11-6-10(15)18-14(20-11)22-2/h3-4,6,8-9H,5H2,1-2H3,(H,18,19,20,21)/t8-,9-/m0/s1. The summed E-state index contributed by atoms with van der Waals surface area (Å²) in [6.45, 7) is 1.90. The lowest BCUT2D eigenvalue weighted by atomic mass is 10.2. The van der Waals surface area contributed by atoms with Crippen LogP contribution in [0.3, 0.4) is 0 Å². The number of methoxy groups -OCH3 is 1. The Balaban J connectivity index is 1.68. The first-order chi connectivity index (χ1) is 10.6. The fourth-order valence-electron chi connectivity index (χ4n) is 2.19. The highest BCUT2D eigenvalue weighted by atomic mass is 35.5. The monoisotopic (exact) mass is 319 g/mol. The van der Waals surface area contributed by atoms with Crippen molar-refractivity contribution >= 4 is 23.3 Å². The van der Waals surface area contributed by atoms with Crippen molar-refractivity contribution in [3.8, 4) is 6.01 Å². The quantitative estimate of drug-likeness (QED) is 0.867. The smallest absolute Gasteiger partial charge is 0.319 e. The Labute approximate surface area is 132 Å². The topological polar surface area (TPSA) is 89.9 Å². The number of rotatable bonds is 4. The van der Waals surface area contributed by atoms with Gasteiger partial charge >= 0.3 is 6.01 Å². The fourth-order valence-corrected chi connectivity index (χ4v) is 2.36. The maximum Gasteiger partial charge on any atom is 0.319 e. The SMILES string of the molecule is COc1nc(Cl)cc(NC(=O)[C@H]2C[C@@H]2c2nccc(C)n2)n1. The number of aryl methyl sites for hydroxylation is 1. The molecule has 22 heavy (non-hydrogen) atoms. The summed E-state index contributed by atoms with van der Waals surface area (Å²) in [6.07, 6.45) is 2.44. The van der Waals surface area contributed by atoms with Crippen LogP contribution in [0, 0.1) is 12.8 Å². The Hall–Kier alpha value is -2.28. The van der Waals surface area contributed by atoms with Crippen molar-refractivity contribution in [3.63, 3.8) is 0 Å². The Bertz CT molecular complexity index is 724. The number of hydrogen-bond acceptors (Lipinski definition) is 6. The first-order valence-electron chi connectivity index (χ1n) is 6.76. The first-order valence-corrected chi connectivity index (χ1v) is 7.13. The maximum atomic E-state index is 12.2. The molecular weight excluding hydrogens is 306 g/mol. The van der Waals surface area contributed by atoms with E-state index in [1.165, 1.54) is 13.2 Å². The molecular formula is C14H14ClN5O2. The fraction of sp³-hybridized carbons (Fsp3) is 0.357. The Kier molecular flexibility index (Phi) is 3.89. The van der Waals surface area contributed by atoms with E-state index in [-0.39, 0.29) is 28.9 Å². The molecule has 1 fully saturated rings. The number of carbonyl (C=O) groups is 1. The summed E-state index contributed by atoms with van der Waals surface area (Å²) >= 11 is 5.85. The second kappa shape index (κ2) is 5.84. The van der Waals surface area contributed by atoms with Crippen LogP contribution in [0.1, 0.15) is 23.9 Å². The Morgan fingerprint density at radius 3 is 2.95 bits per heavy atom. The van der Waals surface area contributed by atoms with Gasteiger partial charge in [-0.25, -0.2) is 9.97 Å². The maximum absolute atomic E-state index is 12.2. The molecule has 2 aromatic rings. The second-order valence-corrected chi connectivity index (χ2v) is 5.44. The van der Waals surface area contributed by atoms with E-state index in [1.807, 2.05) is 13.0 Å². The van der Waals surface area contributed by atoms with E-state index >= 15 is 0 Å². The van der Waals surface area contributed by atoms with E-state index in [1.54, 1.807) is 6.20 Å². The van der Waals surface area contributed by atoms with Crippen molar-refractivity contribution in [3.05, 3.63) is 35.0 Å². The zero-order chi connectivity index (χ0) is 15.7. The largest absolute Gasteiger partial charge is 0.467 e. The van der Waals surface area contributed by atoms with Crippen LogP contribution in [0.5, 0.6) is 6.01 Å². The van der Waals surface area contributed by atoms with E-state index in [0.717, 1.165) is 12.1 Å². The van der Waals surface area contributed by atoms with E-state index in [2.05, 4.69) is 25.3 Å². The van der Waals surface area contributed by atoms with Crippen LogP contribution >= 0.6 is 11.6 Å². The van der Waals surface area contributed by atoms with Gasteiger partial charge in [-0.2, -0.15) is 9.97 Å². The molecule has 0 spiro atoms. The number of nitrogens with one attached hydrogen (secondary N) is 1. The van der Waals surface area contributed by atoms with Crippen molar-refractivity contribution in [2.75, 3.05) is 12.4 Å². The lowest BCUT2D eigenvalue weighted by molar-refractivity contribution is -0.117. The number of halogens is 1. The minimum atomic E-state index is -0.151. The van der Waals surface area contributed by atoms with Gasteiger partial charge < -0.3 is 10.1 Å². The summed E-state index contributed by atoms with van der Waals surface area (Å²) in [5, 5.41) is 2.93. The molecule has 3 rings (SSSR count). The molecule has 0 unspecified atom stereocenters. The minimum Gasteiger partial charge on any atom is -0.467 e. The van der Waals surface area contributed by atoms with Crippen molar-refractivity contribution in [1.82, 2.24) is 19.9 Å². The summed E-state index contributed by atoms with van der Waals surface area (Å²) in [6, 6.07) is 3.41. The molecule has 1 aliphatic rings. The molecule has 0 bridgehead atoms. The summed E-state index contributed by atoms with van der Waals surface area (Å²) in [4.78, 5) is 28.7. The molecule has 1 saturated carbocycles. The molecule has 0 aromatic carbocycles. The normalized spacial score (nSPS) is 19.6. The van der Waals surface area contributed by atoms with E-state index in [9.17, 15) is 4.79 Å². The average molecular weight is 320 g/mol. The molecule has 0 saturated heterocycles. The van der Waals surface area contributed by atoms with Crippen LogP contribution in [0.2, 0.25) is 5.15 Å². The van der Waals surface area contributed by atoms with E-state index in [0.29, 0.717) is 11.6 Å². The van der Waals surface area contributed by atoms with Gasteiger partial charge in [0.1, 0.15) is 16.8 Å². The van der Waals surface area contributed by atoms with Crippen molar-refractivity contribution < 1.29 is 9.53 Å². The van der Waals surface area contributed by atoms with Gasteiger partial charge in [0.2, 0.25) is 5.91 Å². The van der Waals surface area contributed by atoms with Gasteiger partial charge in [-0.3, -0.25) is 4.79 Å². The molecule has 114 valence electrons. The number of anilines is 1. The van der Waals surface area contributed by atoms with E-state index in [4.69, 9.17) is 16.3 Å². The Morgan fingerprint density at radius 2 is 2.23 bits per heavy atom. The lowest BCUT2D eigenvalue weighted by Crippen LogP contribution is -2.16. The van der Waals surface area contributed by atoms with Gasteiger partial charge in [-0.15, -0.1) is 0 Å². The highest BCUT2D eigenvalue weighted by molar-refractivity contribution is 6.29. The molecule has 0 radical (unpaired) electrons. The predicted octanol–water partition coefficient (Wildman–Crippen LogP) is 1.98. The molecule has 1 aliphatic carbocycles. The van der Waals surface area contributed by atoms with Crippen molar-refractivity contribution in [2.24, 2.45) is 5.92 Å². The highest BCUT2D eigenvalue weighted by Gasteiger charge is 2.46. The third kappa shape index (κ3) is 3.14. The summed E-state index contributed by atoms with van der Waals surface area (Å²) in [5.74, 6) is 0.795. The van der Waals surface area contributed by atoms with Gasteiger partial charge in [-0.05, 0) is 19.4 Å². The minimum absolute atomic E-state index is 0.0547. The predicted molar refractivity (Wildman–Crippen MR) is 79.8 cm³/mol. The van der Waals surface area contributed by atoms with Crippen molar-refractivity contribution in [1.29, 1.82) is 0 Å². The molecule has 0 aliphatic heterocycles. The third-order valence-corrected chi connectivity index (χ3v) is 3.57.